The Morgan fingerprint density at radius 2 is 1.33 bits per heavy atom. The molecule has 0 bridgehead atoms. The van der Waals surface area contributed by atoms with Crippen LogP contribution in [-0.4, -0.2) is 7.85 Å². The van der Waals surface area contributed by atoms with E-state index in [0.29, 0.717) is 0 Å². The minimum atomic E-state index is 1.30. The van der Waals surface area contributed by atoms with E-state index in [2.05, 4.69) is 91.1 Å². The zero-order chi connectivity index (χ0) is 12.5. The van der Waals surface area contributed by atoms with Gasteiger partial charge in [-0.05, 0) is 50.6 Å². The Bertz CT molecular complexity index is 719. The lowest BCUT2D eigenvalue weighted by atomic mass is 9.86. The molecule has 0 atom stereocenters. The number of benzene rings is 3. The van der Waals surface area contributed by atoms with Gasteiger partial charge in [-0.15, -0.1) is 0 Å². The normalized spacial score (nSPS) is 10.7. The number of halogens is 1. The summed E-state index contributed by atoms with van der Waals surface area (Å²) >= 11 is 2.41. The van der Waals surface area contributed by atoms with Crippen LogP contribution in [0.1, 0.15) is 0 Å². The van der Waals surface area contributed by atoms with E-state index in [1.807, 2.05) is 0 Å². The molecule has 3 aromatic carbocycles. The first-order chi connectivity index (χ1) is 8.77. The smallest absolute Gasteiger partial charge is 0.0812 e. The van der Waals surface area contributed by atoms with Gasteiger partial charge in [0.2, 0.25) is 0 Å². The fourth-order valence-electron chi connectivity index (χ4n) is 2.36. The fraction of sp³-hybridized carbons (Fsp3) is 0. The Morgan fingerprint density at radius 1 is 0.667 bits per heavy atom. The highest BCUT2D eigenvalue weighted by Gasteiger charge is 2.07. The Morgan fingerprint density at radius 3 is 2.11 bits per heavy atom. The van der Waals surface area contributed by atoms with Gasteiger partial charge in [0, 0.05) is 3.57 Å². The lowest BCUT2D eigenvalue weighted by Crippen LogP contribution is -2.03. The Balaban J connectivity index is 2.38. The van der Waals surface area contributed by atoms with E-state index in [0.717, 1.165) is 0 Å². The second-order valence-electron chi connectivity index (χ2n) is 4.46. The summed E-state index contributed by atoms with van der Waals surface area (Å²) in [5.74, 6) is 0. The average Bonchev–Trinajstić information content (AvgIpc) is 2.41. The summed E-state index contributed by atoms with van der Waals surface area (Å²) in [6, 6.07) is 21.6. The highest BCUT2D eigenvalue weighted by molar-refractivity contribution is 14.1. The van der Waals surface area contributed by atoms with Gasteiger partial charge in [-0.3, -0.25) is 0 Å². The number of fused-ring (bicyclic) bond motifs is 1. The maximum atomic E-state index is 2.41. The molecule has 0 spiro atoms. The molecule has 0 aliphatic carbocycles. The van der Waals surface area contributed by atoms with Crippen LogP contribution in [-0.2, 0) is 0 Å². The van der Waals surface area contributed by atoms with Crippen molar-refractivity contribution in [2.75, 3.05) is 0 Å². The van der Waals surface area contributed by atoms with Gasteiger partial charge >= 0.3 is 0 Å². The molecule has 86 valence electrons. The van der Waals surface area contributed by atoms with Crippen molar-refractivity contribution in [2.45, 2.75) is 0 Å². The van der Waals surface area contributed by atoms with Gasteiger partial charge in [0.05, 0.1) is 0 Å². The minimum Gasteiger partial charge on any atom is -0.0812 e. The first-order valence-electron chi connectivity index (χ1n) is 6.00. The van der Waals surface area contributed by atoms with Crippen LogP contribution < -0.4 is 5.46 Å². The van der Waals surface area contributed by atoms with Gasteiger partial charge in [0.25, 0.3) is 0 Å². The van der Waals surface area contributed by atoms with Crippen molar-refractivity contribution in [1.82, 2.24) is 0 Å². The summed E-state index contributed by atoms with van der Waals surface area (Å²) in [6.07, 6.45) is 0. The zero-order valence-electron chi connectivity index (χ0n) is 10.2. The van der Waals surface area contributed by atoms with Crippen LogP contribution in [0.3, 0.4) is 0 Å². The molecule has 0 aliphatic rings. The molecule has 3 rings (SSSR count). The van der Waals surface area contributed by atoms with Gasteiger partial charge in [0.15, 0.2) is 0 Å². The first kappa shape index (κ1) is 11.8. The molecule has 0 radical (unpaired) electrons. The van der Waals surface area contributed by atoms with Gasteiger partial charge in [-0.2, -0.15) is 0 Å². The monoisotopic (exact) mass is 342 g/mol. The molecule has 0 unspecified atom stereocenters. The van der Waals surface area contributed by atoms with Crippen LogP contribution >= 0.6 is 22.6 Å². The highest BCUT2D eigenvalue weighted by Crippen LogP contribution is 2.30. The molecule has 0 aromatic heterocycles. The van der Waals surface area contributed by atoms with Gasteiger partial charge in [-0.1, -0.05) is 60.1 Å². The molecule has 0 N–H and O–H groups in total. The number of hydrogen-bond donors (Lipinski definition) is 0. The quantitative estimate of drug-likeness (QED) is 0.470. The summed E-state index contributed by atoms with van der Waals surface area (Å²) in [5.41, 5.74) is 3.97. The first-order valence-corrected chi connectivity index (χ1v) is 7.08. The molecule has 0 nitrogen and oxygen atoms in total. The molecule has 3 aromatic rings. The third-order valence-corrected chi connectivity index (χ3v) is 4.25. The minimum absolute atomic E-state index is 1.30. The van der Waals surface area contributed by atoms with Crippen LogP contribution in [0.4, 0.5) is 0 Å². The Hall–Kier alpha value is -1.29. The maximum absolute atomic E-state index is 2.41. The maximum Gasteiger partial charge on any atom is 0.140 e. The van der Waals surface area contributed by atoms with Gasteiger partial charge < -0.3 is 0 Å². The van der Waals surface area contributed by atoms with Crippen LogP contribution in [0.25, 0.3) is 21.9 Å². The van der Waals surface area contributed by atoms with E-state index >= 15 is 0 Å². The average molecular weight is 342 g/mol. The summed E-state index contributed by atoms with van der Waals surface area (Å²) < 4.78 is 1.30. The lowest BCUT2D eigenvalue weighted by molar-refractivity contribution is 1.61. The van der Waals surface area contributed by atoms with Crippen LogP contribution in [0.15, 0.2) is 60.7 Å². The summed E-state index contributed by atoms with van der Waals surface area (Å²) in [7, 11) is 2.17. The zero-order valence-corrected chi connectivity index (χ0v) is 12.3. The van der Waals surface area contributed by atoms with E-state index in [1.165, 1.54) is 30.9 Å². The van der Waals surface area contributed by atoms with E-state index in [9.17, 15) is 0 Å². The van der Waals surface area contributed by atoms with Crippen molar-refractivity contribution in [1.29, 1.82) is 0 Å². The highest BCUT2D eigenvalue weighted by atomic mass is 127. The van der Waals surface area contributed by atoms with Crippen molar-refractivity contribution in [3.63, 3.8) is 0 Å². The SMILES string of the molecule is Bc1ccc(-c2ccccc2I)c2ccccc12. The molecule has 18 heavy (non-hydrogen) atoms. The molecule has 2 heteroatoms. The van der Waals surface area contributed by atoms with Crippen molar-refractivity contribution in [3.05, 3.63) is 64.2 Å². The van der Waals surface area contributed by atoms with Crippen molar-refractivity contribution in [3.8, 4) is 11.1 Å². The third kappa shape index (κ3) is 1.95. The van der Waals surface area contributed by atoms with Crippen molar-refractivity contribution in [2.24, 2.45) is 0 Å². The number of rotatable bonds is 1. The molecule has 0 amide bonds. The van der Waals surface area contributed by atoms with Crippen molar-refractivity contribution < 1.29 is 0 Å². The fourth-order valence-corrected chi connectivity index (χ4v) is 3.04. The topological polar surface area (TPSA) is 0 Å². The van der Waals surface area contributed by atoms with E-state index < -0.39 is 0 Å². The summed E-state index contributed by atoms with van der Waals surface area (Å²) in [4.78, 5) is 0. The Kier molecular flexibility index (Phi) is 3.12. The van der Waals surface area contributed by atoms with E-state index in [1.54, 1.807) is 0 Å². The molecule has 0 saturated carbocycles. The summed E-state index contributed by atoms with van der Waals surface area (Å²) in [6.45, 7) is 0. The molecule has 0 fully saturated rings. The van der Waals surface area contributed by atoms with Crippen LogP contribution in [0.2, 0.25) is 0 Å². The molecule has 0 aliphatic heterocycles. The predicted molar refractivity (Wildman–Crippen MR) is 90.3 cm³/mol. The van der Waals surface area contributed by atoms with Crippen LogP contribution in [0, 0.1) is 3.57 Å². The predicted octanol–water partition coefficient (Wildman–Crippen LogP) is 3.37. The standard InChI is InChI=1S/C16H12BI/c17-15-10-9-12(11-5-1-2-6-13(11)15)14-7-3-4-8-16(14)18/h1-10H,17H2. The second-order valence-corrected chi connectivity index (χ2v) is 5.62. The molecular formula is C16H12BI. The summed E-state index contributed by atoms with van der Waals surface area (Å²) in [5, 5.41) is 2.68. The van der Waals surface area contributed by atoms with E-state index in [4.69, 9.17) is 0 Å². The third-order valence-electron chi connectivity index (χ3n) is 3.31. The van der Waals surface area contributed by atoms with Crippen molar-refractivity contribution >= 4 is 46.7 Å². The van der Waals surface area contributed by atoms with E-state index in [-0.39, 0.29) is 0 Å². The molecule has 0 saturated heterocycles. The van der Waals surface area contributed by atoms with Gasteiger partial charge in [-0.25, -0.2) is 0 Å². The largest absolute Gasteiger partial charge is 0.140 e. The van der Waals surface area contributed by atoms with Gasteiger partial charge in [0.1, 0.15) is 7.85 Å². The number of hydrogen-bond acceptors (Lipinski definition) is 0. The molecular weight excluding hydrogens is 330 g/mol. The Labute approximate surface area is 122 Å². The second kappa shape index (κ2) is 4.77. The van der Waals surface area contributed by atoms with Crippen LogP contribution in [0.5, 0.6) is 0 Å². The molecule has 0 heterocycles. The lowest BCUT2D eigenvalue weighted by Gasteiger charge is -2.10.